The zero-order valence-electron chi connectivity index (χ0n) is 49.1. The number of nitrogens with one attached hydrogen (secondary N) is 1. The van der Waals surface area contributed by atoms with E-state index in [0.717, 1.165) is 32.1 Å². The molecule has 0 fully saturated rings. The van der Waals surface area contributed by atoms with E-state index in [-0.39, 0.29) is 18.9 Å². The smallest absolute Gasteiger partial charge is 0.222 e. The summed E-state index contributed by atoms with van der Waals surface area (Å²) in [6, 6.07) is -0.760. The van der Waals surface area contributed by atoms with Gasteiger partial charge in [0.25, 0.3) is 0 Å². The first-order valence-electron chi connectivity index (χ1n) is 33.1. The van der Waals surface area contributed by atoms with Gasteiger partial charge in [-0.05, 0) is 32.1 Å². The lowest BCUT2D eigenvalue weighted by molar-refractivity contribution is -0.124. The van der Waals surface area contributed by atoms with Gasteiger partial charge in [-0.2, -0.15) is 0 Å². The van der Waals surface area contributed by atoms with E-state index in [9.17, 15) is 20.1 Å². The van der Waals surface area contributed by atoms with Crippen molar-refractivity contribution in [2.75, 3.05) is 6.61 Å². The fourth-order valence-corrected chi connectivity index (χ4v) is 10.7. The fourth-order valence-electron chi connectivity index (χ4n) is 10.7. The van der Waals surface area contributed by atoms with Crippen LogP contribution in [-0.2, 0) is 4.79 Å². The number of carbonyl (C=O) groups excluding carboxylic acids is 1. The van der Waals surface area contributed by atoms with Gasteiger partial charge in [-0.25, -0.2) is 0 Å². The molecule has 72 heavy (non-hydrogen) atoms. The second-order valence-corrected chi connectivity index (χ2v) is 23.1. The van der Waals surface area contributed by atoms with Gasteiger partial charge < -0.3 is 20.6 Å². The minimum Gasteiger partial charge on any atom is -0.394 e. The minimum absolute atomic E-state index is 0.0107. The van der Waals surface area contributed by atoms with Gasteiger partial charge in [0, 0.05) is 0 Å². The highest BCUT2D eigenvalue weighted by molar-refractivity contribution is 5.76. The molecule has 0 saturated carbocycles. The lowest BCUT2D eigenvalue weighted by Crippen LogP contribution is -2.45. The predicted octanol–water partition coefficient (Wildman–Crippen LogP) is 21.2. The maximum Gasteiger partial charge on any atom is 0.222 e. The number of unbranched alkanes of at least 4 members (excludes halogenated alkanes) is 51. The number of hydrogen-bond acceptors (Lipinski definition) is 4. The number of carbonyl (C=O) groups is 1. The standard InChI is InChI=1S/C67H131NO4/c1-3-5-7-9-11-13-15-17-19-21-23-25-26-27-28-29-30-31-32-33-34-35-36-37-38-39-40-41-42-44-46-48-50-52-54-56-58-60-64(70)62-67(72)68-65(63-69)66(71)61-59-57-55-53-51-49-47-45-43-24-22-20-18-16-14-12-10-8-6-4-2/h51,53,59,61,64-66,69-71H,3-50,52,54-58,60,62-63H2,1-2H3,(H,68,72)/b53-51+,61-59+. The summed E-state index contributed by atoms with van der Waals surface area (Å²) in [5.41, 5.74) is 0. The van der Waals surface area contributed by atoms with Gasteiger partial charge in [0.2, 0.25) is 5.91 Å². The van der Waals surface area contributed by atoms with Gasteiger partial charge in [0.05, 0.1) is 31.3 Å². The SMILES string of the molecule is CCCCCCCCCCCCCCCC/C=C/CC/C=C/C(O)C(CO)NC(=O)CC(O)CCCCCCCCCCCCCCCCCCCCCCCCCCCCCCCCCCCCCCC. The topological polar surface area (TPSA) is 89.8 Å². The monoisotopic (exact) mass is 1010 g/mol. The molecule has 4 N–H and O–H groups in total. The maximum atomic E-state index is 12.5. The molecule has 0 aromatic rings. The van der Waals surface area contributed by atoms with Crippen LogP contribution in [0, 0.1) is 0 Å². The molecular weight excluding hydrogens is 883 g/mol. The summed E-state index contributed by atoms with van der Waals surface area (Å²) in [6.07, 6.45) is 81.4. The number of aliphatic hydroxyl groups is 3. The van der Waals surface area contributed by atoms with E-state index in [2.05, 4.69) is 31.3 Å². The third kappa shape index (κ3) is 58.1. The van der Waals surface area contributed by atoms with Crippen LogP contribution >= 0.6 is 0 Å². The largest absolute Gasteiger partial charge is 0.394 e. The molecule has 0 bridgehead atoms. The molecule has 0 aromatic heterocycles. The Morgan fingerprint density at radius 3 is 0.889 bits per heavy atom. The van der Waals surface area contributed by atoms with Gasteiger partial charge in [0.15, 0.2) is 0 Å². The zero-order chi connectivity index (χ0) is 52.2. The van der Waals surface area contributed by atoms with Crippen LogP contribution in [0.1, 0.15) is 373 Å². The minimum atomic E-state index is -0.951. The van der Waals surface area contributed by atoms with E-state index in [1.165, 1.54) is 315 Å². The van der Waals surface area contributed by atoms with Gasteiger partial charge in [-0.1, -0.05) is 359 Å². The second-order valence-electron chi connectivity index (χ2n) is 23.1. The van der Waals surface area contributed by atoms with E-state index >= 15 is 0 Å². The summed E-state index contributed by atoms with van der Waals surface area (Å²) in [5.74, 6) is -0.318. The molecule has 0 aliphatic heterocycles. The van der Waals surface area contributed by atoms with Crippen molar-refractivity contribution in [1.82, 2.24) is 5.32 Å². The molecule has 5 nitrogen and oxygen atoms in total. The van der Waals surface area contributed by atoms with Gasteiger partial charge >= 0.3 is 0 Å². The maximum absolute atomic E-state index is 12.5. The van der Waals surface area contributed by atoms with E-state index < -0.39 is 18.2 Å². The van der Waals surface area contributed by atoms with Crippen LogP contribution in [0.4, 0.5) is 0 Å². The van der Waals surface area contributed by atoms with Crippen molar-refractivity contribution in [3.8, 4) is 0 Å². The van der Waals surface area contributed by atoms with Crippen molar-refractivity contribution in [3.63, 3.8) is 0 Å². The summed E-state index contributed by atoms with van der Waals surface area (Å²) >= 11 is 0. The average Bonchev–Trinajstić information content (AvgIpc) is 3.38. The number of amides is 1. The molecule has 428 valence electrons. The van der Waals surface area contributed by atoms with E-state index in [0.29, 0.717) is 6.42 Å². The summed E-state index contributed by atoms with van der Waals surface area (Å²) < 4.78 is 0. The van der Waals surface area contributed by atoms with Gasteiger partial charge in [-0.15, -0.1) is 0 Å². The Hall–Kier alpha value is -1.17. The Morgan fingerprint density at radius 1 is 0.347 bits per heavy atom. The predicted molar refractivity (Wildman–Crippen MR) is 319 cm³/mol. The molecule has 5 heteroatoms. The van der Waals surface area contributed by atoms with Gasteiger partial charge in [-0.3, -0.25) is 4.79 Å². The van der Waals surface area contributed by atoms with Crippen molar-refractivity contribution >= 4 is 5.91 Å². The van der Waals surface area contributed by atoms with Crippen molar-refractivity contribution in [2.45, 2.75) is 392 Å². The first kappa shape index (κ1) is 70.8. The van der Waals surface area contributed by atoms with Crippen LogP contribution < -0.4 is 5.32 Å². The summed E-state index contributed by atoms with van der Waals surface area (Å²) in [6.45, 7) is 4.25. The average molecular weight is 1010 g/mol. The Labute approximate surface area is 452 Å². The Bertz CT molecular complexity index is 1080. The fraction of sp³-hybridized carbons (Fsp3) is 0.925. The summed E-state index contributed by atoms with van der Waals surface area (Å²) in [7, 11) is 0. The normalized spacial score (nSPS) is 13.2. The van der Waals surface area contributed by atoms with Crippen LogP contribution in [-0.4, -0.2) is 46.1 Å². The second kappa shape index (κ2) is 62.4. The Morgan fingerprint density at radius 2 is 0.597 bits per heavy atom. The Balaban J connectivity index is 3.46. The first-order valence-corrected chi connectivity index (χ1v) is 33.1. The lowest BCUT2D eigenvalue weighted by atomic mass is 10.0. The van der Waals surface area contributed by atoms with Crippen LogP contribution in [0.15, 0.2) is 24.3 Å². The van der Waals surface area contributed by atoms with Crippen molar-refractivity contribution in [3.05, 3.63) is 24.3 Å². The number of rotatable bonds is 62. The molecule has 0 saturated heterocycles. The van der Waals surface area contributed by atoms with Gasteiger partial charge in [0.1, 0.15) is 0 Å². The van der Waals surface area contributed by atoms with Crippen LogP contribution in [0.3, 0.4) is 0 Å². The highest BCUT2D eigenvalue weighted by Gasteiger charge is 2.20. The molecule has 0 aliphatic carbocycles. The Kier molecular flexibility index (Phi) is 61.4. The van der Waals surface area contributed by atoms with Crippen molar-refractivity contribution < 1.29 is 20.1 Å². The van der Waals surface area contributed by atoms with E-state index in [1.807, 2.05) is 6.08 Å². The first-order chi connectivity index (χ1) is 35.5. The highest BCUT2D eigenvalue weighted by Crippen LogP contribution is 2.19. The number of hydrogen-bond donors (Lipinski definition) is 4. The molecule has 0 heterocycles. The van der Waals surface area contributed by atoms with E-state index in [4.69, 9.17) is 0 Å². The molecule has 3 unspecified atom stereocenters. The highest BCUT2D eigenvalue weighted by atomic mass is 16.3. The van der Waals surface area contributed by atoms with Crippen molar-refractivity contribution in [2.24, 2.45) is 0 Å². The van der Waals surface area contributed by atoms with Crippen LogP contribution in [0.25, 0.3) is 0 Å². The molecule has 0 aliphatic rings. The third-order valence-electron chi connectivity index (χ3n) is 15.7. The van der Waals surface area contributed by atoms with Crippen LogP contribution in [0.5, 0.6) is 0 Å². The molecule has 0 spiro atoms. The lowest BCUT2D eigenvalue weighted by Gasteiger charge is -2.21. The quantitative estimate of drug-likeness (QED) is 0.0361. The summed E-state index contributed by atoms with van der Waals surface area (Å²) in [4.78, 5) is 12.5. The molecule has 0 rings (SSSR count). The number of aliphatic hydroxyl groups excluding tert-OH is 3. The molecular formula is C67H131NO4. The van der Waals surface area contributed by atoms with E-state index in [1.54, 1.807) is 6.08 Å². The molecule has 3 atom stereocenters. The third-order valence-corrected chi connectivity index (χ3v) is 15.7. The zero-order valence-corrected chi connectivity index (χ0v) is 49.1. The molecule has 0 aromatic carbocycles. The summed E-state index contributed by atoms with van der Waals surface area (Å²) in [5, 5.41) is 33.5. The molecule has 1 amide bonds. The molecule has 0 radical (unpaired) electrons. The number of allylic oxidation sites excluding steroid dienone is 3. The van der Waals surface area contributed by atoms with Crippen molar-refractivity contribution in [1.29, 1.82) is 0 Å². The van der Waals surface area contributed by atoms with Crippen LogP contribution in [0.2, 0.25) is 0 Å².